The van der Waals surface area contributed by atoms with Gasteiger partial charge in [0.1, 0.15) is 5.82 Å². The molecule has 2 atom stereocenters. The average molecular weight is 605 g/mol. The highest BCUT2D eigenvalue weighted by Gasteiger charge is 2.46. The van der Waals surface area contributed by atoms with Gasteiger partial charge in [-0.25, -0.2) is 9.37 Å². The number of aromatic nitrogens is 5. The number of fused-ring (bicyclic) bond motifs is 1. The lowest BCUT2D eigenvalue weighted by Gasteiger charge is -2.45. The highest BCUT2D eigenvalue weighted by molar-refractivity contribution is 6.00. The monoisotopic (exact) mass is 604 g/mol. The maximum atomic E-state index is 15.3. The second-order valence-electron chi connectivity index (χ2n) is 13.1. The Hall–Kier alpha value is -4.39. The van der Waals surface area contributed by atoms with Gasteiger partial charge in [-0.3, -0.25) is 14.7 Å². The number of hydrogen-bond donors (Lipinski definition) is 3. The summed E-state index contributed by atoms with van der Waals surface area (Å²) in [7, 11) is 0. The first kappa shape index (κ1) is 29.7. The van der Waals surface area contributed by atoms with E-state index >= 15 is 4.39 Å². The molecule has 2 amide bonds. The van der Waals surface area contributed by atoms with E-state index in [4.69, 9.17) is 9.26 Å². The van der Waals surface area contributed by atoms with Crippen LogP contribution < -0.4 is 10.6 Å². The van der Waals surface area contributed by atoms with Crippen LogP contribution in [0.4, 0.5) is 10.2 Å². The maximum Gasteiger partial charge on any atom is 0.315 e. The zero-order valence-corrected chi connectivity index (χ0v) is 25.5. The number of piperidine rings is 1. The molecule has 2 saturated heterocycles. The third kappa shape index (κ3) is 5.63. The van der Waals surface area contributed by atoms with E-state index in [0.717, 1.165) is 23.8 Å². The van der Waals surface area contributed by atoms with Crippen LogP contribution >= 0.6 is 0 Å². The molecule has 2 fully saturated rings. The van der Waals surface area contributed by atoms with Crippen molar-refractivity contribution in [2.24, 2.45) is 5.41 Å². The van der Waals surface area contributed by atoms with Crippen LogP contribution in [0.2, 0.25) is 0 Å². The smallest absolute Gasteiger partial charge is 0.315 e. The molecule has 232 valence electrons. The number of nitrogens with zero attached hydrogens (tertiary/aromatic N) is 5. The Labute approximate surface area is 254 Å². The molecule has 2 aliphatic rings. The number of pyridine rings is 1. The normalized spacial score (nSPS) is 19.9. The first-order valence-corrected chi connectivity index (χ1v) is 14.8. The van der Waals surface area contributed by atoms with Gasteiger partial charge in [0.05, 0.1) is 24.0 Å². The molecule has 0 spiro atoms. The number of amides is 2. The summed E-state index contributed by atoms with van der Waals surface area (Å²) in [6, 6.07) is 6.81. The van der Waals surface area contributed by atoms with Gasteiger partial charge in [-0.1, -0.05) is 38.1 Å². The summed E-state index contributed by atoms with van der Waals surface area (Å²) in [6.45, 7) is 11.2. The standard InChI is InChI=1S/C31H37FN8O4/c1-17-6-9-20(14-40(17)29(42)31(5)15-43-16-31)35-25-23-21(10-11-33-24(23)37-38-25)18-7-8-19(22(32)12-18)13-34-26(41)27-36-28(39-44-27)30(2,3)4/h7-8,10-12,17,20H,6,9,13-16H2,1-5H3,(H,34,41)(H2,33,35,37,38)/t17-,20+/m0/s1. The SMILES string of the molecule is C[C@H]1CC[C@@H](Nc2n[nH]c3nccc(-c4ccc(CNC(=O)c5nc(C(C)(C)C)no5)c(F)c4)c23)CN1C(=O)C1(C)COC1. The van der Waals surface area contributed by atoms with Crippen LogP contribution in [0, 0.1) is 11.2 Å². The van der Waals surface area contributed by atoms with E-state index in [1.165, 1.54) is 6.07 Å². The molecule has 0 bridgehead atoms. The molecular weight excluding hydrogens is 567 g/mol. The van der Waals surface area contributed by atoms with E-state index in [1.54, 1.807) is 18.3 Å². The highest BCUT2D eigenvalue weighted by Crippen LogP contribution is 2.35. The number of anilines is 1. The zero-order valence-electron chi connectivity index (χ0n) is 25.5. The van der Waals surface area contributed by atoms with E-state index in [-0.39, 0.29) is 35.8 Å². The topological polar surface area (TPSA) is 151 Å². The van der Waals surface area contributed by atoms with E-state index in [0.29, 0.717) is 48.2 Å². The summed E-state index contributed by atoms with van der Waals surface area (Å²) < 4.78 is 25.7. The van der Waals surface area contributed by atoms with Gasteiger partial charge in [0.2, 0.25) is 5.91 Å². The molecule has 0 unspecified atom stereocenters. The van der Waals surface area contributed by atoms with E-state index in [1.807, 2.05) is 38.7 Å². The first-order chi connectivity index (χ1) is 20.9. The number of likely N-dealkylation sites (tertiary alicyclic amines) is 1. The predicted molar refractivity (Wildman–Crippen MR) is 160 cm³/mol. The fourth-order valence-electron chi connectivity index (χ4n) is 5.61. The molecule has 44 heavy (non-hydrogen) atoms. The van der Waals surface area contributed by atoms with Gasteiger partial charge >= 0.3 is 11.8 Å². The van der Waals surface area contributed by atoms with Gasteiger partial charge in [-0.05, 0) is 49.9 Å². The quantitative estimate of drug-likeness (QED) is 0.282. The lowest BCUT2D eigenvalue weighted by Crippen LogP contribution is -2.59. The third-order valence-electron chi connectivity index (χ3n) is 8.40. The summed E-state index contributed by atoms with van der Waals surface area (Å²) in [5.41, 5.74) is 1.41. The molecule has 2 aliphatic heterocycles. The molecule has 13 heteroatoms. The Bertz CT molecular complexity index is 1710. The molecule has 4 aromatic rings. The summed E-state index contributed by atoms with van der Waals surface area (Å²) in [4.78, 5) is 36.3. The van der Waals surface area contributed by atoms with Crippen LogP contribution in [0.5, 0.6) is 0 Å². The van der Waals surface area contributed by atoms with Crippen molar-refractivity contribution in [2.75, 3.05) is 25.1 Å². The fraction of sp³-hybridized carbons (Fsp3) is 0.484. The molecule has 0 saturated carbocycles. The van der Waals surface area contributed by atoms with Gasteiger partial charge in [-0.15, -0.1) is 0 Å². The minimum absolute atomic E-state index is 0.0136. The highest BCUT2D eigenvalue weighted by atomic mass is 19.1. The molecule has 5 heterocycles. The average Bonchev–Trinajstić information content (AvgIpc) is 3.64. The van der Waals surface area contributed by atoms with Crippen molar-refractivity contribution >= 4 is 28.7 Å². The van der Waals surface area contributed by atoms with Gasteiger partial charge in [0.25, 0.3) is 0 Å². The largest absolute Gasteiger partial charge is 0.379 e. The summed E-state index contributed by atoms with van der Waals surface area (Å²) in [6.07, 6.45) is 3.38. The minimum atomic E-state index is -0.575. The van der Waals surface area contributed by atoms with Crippen LogP contribution in [0.25, 0.3) is 22.2 Å². The van der Waals surface area contributed by atoms with Crippen molar-refractivity contribution in [3.63, 3.8) is 0 Å². The van der Waals surface area contributed by atoms with Crippen molar-refractivity contribution in [1.82, 2.24) is 35.5 Å². The van der Waals surface area contributed by atoms with Crippen LogP contribution in [0.1, 0.15) is 69.5 Å². The van der Waals surface area contributed by atoms with Crippen LogP contribution in [0.15, 0.2) is 35.0 Å². The molecule has 0 radical (unpaired) electrons. The first-order valence-electron chi connectivity index (χ1n) is 14.8. The van der Waals surface area contributed by atoms with E-state index in [9.17, 15) is 9.59 Å². The van der Waals surface area contributed by atoms with Gasteiger partial charge in [0.15, 0.2) is 17.3 Å². The number of carbonyl (C=O) groups is 2. The molecule has 12 nitrogen and oxygen atoms in total. The summed E-state index contributed by atoms with van der Waals surface area (Å²) in [5.74, 6) is -0.0895. The number of nitrogens with one attached hydrogen (secondary N) is 3. The lowest BCUT2D eigenvalue weighted by atomic mass is 9.85. The molecule has 1 aromatic carbocycles. The number of halogens is 1. The zero-order chi connectivity index (χ0) is 31.2. The van der Waals surface area contributed by atoms with Crippen molar-refractivity contribution in [2.45, 2.75) is 71.5 Å². The Morgan fingerprint density at radius 3 is 2.68 bits per heavy atom. The molecule has 3 aromatic heterocycles. The number of H-pyrrole nitrogens is 1. The fourth-order valence-corrected chi connectivity index (χ4v) is 5.61. The van der Waals surface area contributed by atoms with Crippen molar-refractivity contribution < 1.29 is 23.2 Å². The number of rotatable bonds is 7. The van der Waals surface area contributed by atoms with Crippen LogP contribution in [-0.2, 0) is 21.5 Å². The number of ether oxygens (including phenoxy) is 1. The molecule has 3 N–H and O–H groups in total. The molecule has 6 rings (SSSR count). The van der Waals surface area contributed by atoms with Crippen molar-refractivity contribution in [1.29, 1.82) is 0 Å². The summed E-state index contributed by atoms with van der Waals surface area (Å²) in [5, 5.41) is 18.2. The number of benzene rings is 1. The number of carbonyl (C=O) groups excluding carboxylic acids is 2. The minimum Gasteiger partial charge on any atom is -0.379 e. The van der Waals surface area contributed by atoms with Crippen molar-refractivity contribution in [3.8, 4) is 11.1 Å². The molecular formula is C31H37FN8O4. The third-order valence-corrected chi connectivity index (χ3v) is 8.40. The Morgan fingerprint density at radius 1 is 1.20 bits per heavy atom. The number of aromatic amines is 1. The van der Waals surface area contributed by atoms with Crippen LogP contribution in [-0.4, -0.2) is 73.9 Å². The lowest BCUT2D eigenvalue weighted by molar-refractivity contribution is -0.172. The predicted octanol–water partition coefficient (Wildman–Crippen LogP) is 4.20. The second kappa shape index (κ2) is 11.3. The molecule has 0 aliphatic carbocycles. The van der Waals surface area contributed by atoms with Crippen molar-refractivity contribution in [3.05, 3.63) is 53.6 Å². The number of hydrogen-bond acceptors (Lipinski definition) is 9. The Balaban J connectivity index is 1.18. The van der Waals surface area contributed by atoms with E-state index < -0.39 is 17.1 Å². The Morgan fingerprint density at radius 2 is 2.00 bits per heavy atom. The van der Waals surface area contributed by atoms with Crippen LogP contribution in [0.3, 0.4) is 0 Å². The van der Waals surface area contributed by atoms with Gasteiger partial charge in [-0.2, -0.15) is 10.1 Å². The van der Waals surface area contributed by atoms with E-state index in [2.05, 4.69) is 42.9 Å². The second-order valence-corrected chi connectivity index (χ2v) is 13.1. The maximum absolute atomic E-state index is 15.3. The van der Waals surface area contributed by atoms with Gasteiger partial charge < -0.3 is 24.8 Å². The van der Waals surface area contributed by atoms with Gasteiger partial charge in [0, 0.05) is 42.3 Å². The summed E-state index contributed by atoms with van der Waals surface area (Å²) >= 11 is 0. The Kier molecular flexibility index (Phi) is 7.60.